The highest BCUT2D eigenvalue weighted by Crippen LogP contribution is 2.20. The van der Waals surface area contributed by atoms with Crippen molar-refractivity contribution in [3.05, 3.63) is 42.2 Å². The van der Waals surface area contributed by atoms with Gasteiger partial charge in [0.2, 0.25) is 0 Å². The Bertz CT molecular complexity index is 728. The normalized spacial score (nSPS) is 10.9. The lowest BCUT2D eigenvalue weighted by Gasteiger charge is -2.03. The molecular formula is C12H9N3O3. The second-order valence-corrected chi connectivity index (χ2v) is 3.88. The van der Waals surface area contributed by atoms with Crippen LogP contribution in [0.1, 0.15) is 16.1 Å². The fourth-order valence-electron chi connectivity index (χ4n) is 1.87. The van der Waals surface area contributed by atoms with Gasteiger partial charge < -0.3 is 13.9 Å². The van der Waals surface area contributed by atoms with Crippen molar-refractivity contribution >= 4 is 11.6 Å². The molecule has 1 N–H and O–H groups in total. The van der Waals surface area contributed by atoms with Gasteiger partial charge in [-0.3, -0.25) is 0 Å². The molecule has 0 atom stereocenters. The molecule has 0 aliphatic carbocycles. The van der Waals surface area contributed by atoms with Crippen LogP contribution in [0.3, 0.4) is 0 Å². The van der Waals surface area contributed by atoms with Crippen molar-refractivity contribution in [2.75, 3.05) is 0 Å². The number of hydrogen-bond donors (Lipinski definition) is 1. The van der Waals surface area contributed by atoms with Crippen molar-refractivity contribution in [1.82, 2.24) is 14.4 Å². The van der Waals surface area contributed by atoms with Crippen molar-refractivity contribution in [2.45, 2.75) is 6.92 Å². The third-order valence-corrected chi connectivity index (χ3v) is 2.74. The van der Waals surface area contributed by atoms with E-state index in [1.165, 1.54) is 18.7 Å². The van der Waals surface area contributed by atoms with E-state index in [9.17, 15) is 4.79 Å². The van der Waals surface area contributed by atoms with Gasteiger partial charge in [-0.25, -0.2) is 14.8 Å². The van der Waals surface area contributed by atoms with Gasteiger partial charge in [-0.05, 0) is 19.1 Å². The third-order valence-electron chi connectivity index (χ3n) is 2.74. The molecule has 0 radical (unpaired) electrons. The first-order valence-corrected chi connectivity index (χ1v) is 5.27. The second-order valence-electron chi connectivity index (χ2n) is 3.88. The molecule has 0 aromatic carbocycles. The molecule has 3 aromatic rings. The first-order valence-electron chi connectivity index (χ1n) is 5.27. The number of hydrogen-bond acceptors (Lipinski definition) is 4. The highest BCUT2D eigenvalue weighted by Gasteiger charge is 2.14. The molecule has 6 nitrogen and oxygen atoms in total. The molecule has 3 rings (SSSR count). The van der Waals surface area contributed by atoms with E-state index in [2.05, 4.69) is 9.97 Å². The maximum absolute atomic E-state index is 11.1. The molecular weight excluding hydrogens is 234 g/mol. The van der Waals surface area contributed by atoms with Gasteiger partial charge >= 0.3 is 5.97 Å². The SMILES string of the molecule is Cc1cc(-c2cocn2)nc2c(C(=O)O)ccn12. The number of aromatic nitrogens is 3. The zero-order chi connectivity index (χ0) is 12.7. The quantitative estimate of drug-likeness (QED) is 0.744. The molecule has 0 saturated carbocycles. The van der Waals surface area contributed by atoms with Crippen molar-refractivity contribution < 1.29 is 14.3 Å². The van der Waals surface area contributed by atoms with E-state index < -0.39 is 5.97 Å². The predicted octanol–water partition coefficient (Wildman–Crippen LogP) is 2.00. The monoisotopic (exact) mass is 243 g/mol. The van der Waals surface area contributed by atoms with E-state index in [0.717, 1.165) is 5.69 Å². The fourth-order valence-corrected chi connectivity index (χ4v) is 1.87. The Kier molecular flexibility index (Phi) is 2.16. The standard InChI is InChI=1S/C12H9N3O3/c1-7-4-9(10-5-18-6-13-10)14-11-8(12(16)17)2-3-15(7)11/h2-6H,1H3,(H,16,17). The van der Waals surface area contributed by atoms with Gasteiger partial charge in [0.25, 0.3) is 0 Å². The topological polar surface area (TPSA) is 80.6 Å². The van der Waals surface area contributed by atoms with Gasteiger partial charge in [-0.15, -0.1) is 0 Å². The second kappa shape index (κ2) is 3.69. The molecule has 3 heterocycles. The van der Waals surface area contributed by atoms with Crippen LogP contribution in [0, 0.1) is 6.92 Å². The highest BCUT2D eigenvalue weighted by atomic mass is 16.4. The Morgan fingerprint density at radius 2 is 2.28 bits per heavy atom. The number of carboxylic acids is 1. The minimum absolute atomic E-state index is 0.170. The van der Waals surface area contributed by atoms with E-state index >= 15 is 0 Å². The number of rotatable bonds is 2. The van der Waals surface area contributed by atoms with E-state index in [1.807, 2.05) is 13.0 Å². The zero-order valence-electron chi connectivity index (χ0n) is 9.49. The first-order chi connectivity index (χ1) is 8.66. The lowest BCUT2D eigenvalue weighted by molar-refractivity contribution is 0.0699. The number of nitrogens with zero attached hydrogens (tertiary/aromatic N) is 3. The number of aryl methyl sites for hydroxylation is 1. The van der Waals surface area contributed by atoms with Gasteiger partial charge in [0.1, 0.15) is 17.5 Å². The van der Waals surface area contributed by atoms with Crippen molar-refractivity contribution in [1.29, 1.82) is 0 Å². The molecule has 90 valence electrons. The van der Waals surface area contributed by atoms with Crippen molar-refractivity contribution in [3.8, 4) is 11.4 Å². The van der Waals surface area contributed by atoms with Crippen LogP contribution in [-0.2, 0) is 0 Å². The first kappa shape index (κ1) is 10.5. The molecule has 0 amide bonds. The summed E-state index contributed by atoms with van der Waals surface area (Å²) in [6.45, 7) is 1.88. The Hall–Kier alpha value is -2.63. The maximum atomic E-state index is 11.1. The van der Waals surface area contributed by atoms with E-state index in [0.29, 0.717) is 17.0 Å². The smallest absolute Gasteiger partial charge is 0.339 e. The predicted molar refractivity (Wildman–Crippen MR) is 62.4 cm³/mol. The minimum Gasteiger partial charge on any atom is -0.478 e. The Morgan fingerprint density at radius 3 is 2.94 bits per heavy atom. The molecule has 3 aromatic heterocycles. The maximum Gasteiger partial charge on any atom is 0.339 e. The Morgan fingerprint density at radius 1 is 1.44 bits per heavy atom. The minimum atomic E-state index is -0.998. The zero-order valence-corrected chi connectivity index (χ0v) is 9.49. The summed E-state index contributed by atoms with van der Waals surface area (Å²) in [5, 5.41) is 9.10. The van der Waals surface area contributed by atoms with Crippen LogP contribution in [0.4, 0.5) is 0 Å². The summed E-state index contributed by atoms with van der Waals surface area (Å²) in [5.41, 5.74) is 2.63. The van der Waals surface area contributed by atoms with Crippen LogP contribution in [0.2, 0.25) is 0 Å². The molecule has 0 saturated heterocycles. The summed E-state index contributed by atoms with van der Waals surface area (Å²) in [7, 11) is 0. The van der Waals surface area contributed by atoms with Crippen molar-refractivity contribution in [2.24, 2.45) is 0 Å². The average molecular weight is 243 g/mol. The fraction of sp³-hybridized carbons (Fsp3) is 0.0833. The molecule has 0 aliphatic rings. The van der Waals surface area contributed by atoms with Crippen molar-refractivity contribution in [3.63, 3.8) is 0 Å². The van der Waals surface area contributed by atoms with Crippen LogP contribution in [0.5, 0.6) is 0 Å². The van der Waals surface area contributed by atoms with Crippen LogP contribution in [-0.4, -0.2) is 25.4 Å². The number of fused-ring (bicyclic) bond motifs is 1. The van der Waals surface area contributed by atoms with Gasteiger partial charge in [-0.2, -0.15) is 0 Å². The Balaban J connectivity index is 2.31. The molecule has 6 heteroatoms. The van der Waals surface area contributed by atoms with Gasteiger partial charge in [0.05, 0.1) is 5.69 Å². The Labute approximate surface area is 102 Å². The lowest BCUT2D eigenvalue weighted by Crippen LogP contribution is -2.00. The van der Waals surface area contributed by atoms with Gasteiger partial charge in [0.15, 0.2) is 12.0 Å². The summed E-state index contributed by atoms with van der Waals surface area (Å²) < 4.78 is 6.63. The van der Waals surface area contributed by atoms with Crippen LogP contribution in [0.25, 0.3) is 17.0 Å². The van der Waals surface area contributed by atoms with Crippen LogP contribution < -0.4 is 0 Å². The number of oxazole rings is 1. The molecule has 0 bridgehead atoms. The molecule has 18 heavy (non-hydrogen) atoms. The molecule has 0 fully saturated rings. The molecule has 0 spiro atoms. The summed E-state index contributed by atoms with van der Waals surface area (Å²) in [5.74, 6) is -0.998. The number of carbonyl (C=O) groups is 1. The average Bonchev–Trinajstić information content (AvgIpc) is 2.97. The lowest BCUT2D eigenvalue weighted by atomic mass is 10.2. The van der Waals surface area contributed by atoms with E-state index in [4.69, 9.17) is 9.52 Å². The van der Waals surface area contributed by atoms with E-state index in [1.54, 1.807) is 10.6 Å². The summed E-state index contributed by atoms with van der Waals surface area (Å²) in [4.78, 5) is 19.4. The molecule has 0 aliphatic heterocycles. The molecule has 0 unspecified atom stereocenters. The highest BCUT2D eigenvalue weighted by molar-refractivity contribution is 5.95. The van der Waals surface area contributed by atoms with E-state index in [-0.39, 0.29) is 5.56 Å². The summed E-state index contributed by atoms with van der Waals surface area (Å²) in [6, 6.07) is 3.36. The number of aromatic carboxylic acids is 1. The number of carboxylic acid groups (broad SMARTS) is 1. The van der Waals surface area contributed by atoms with Crippen LogP contribution in [0.15, 0.2) is 35.4 Å². The third kappa shape index (κ3) is 1.46. The van der Waals surface area contributed by atoms with Crippen LogP contribution >= 0.6 is 0 Å². The van der Waals surface area contributed by atoms with Gasteiger partial charge in [-0.1, -0.05) is 0 Å². The largest absolute Gasteiger partial charge is 0.478 e. The summed E-state index contributed by atoms with van der Waals surface area (Å²) >= 11 is 0. The van der Waals surface area contributed by atoms with Gasteiger partial charge in [0, 0.05) is 11.9 Å². The summed E-state index contributed by atoms with van der Waals surface area (Å²) in [6.07, 6.45) is 4.47.